The molecule has 4 rings (SSSR count). The molecular formula is C26H35N3O3. The maximum absolute atomic E-state index is 12.9. The highest BCUT2D eigenvalue weighted by molar-refractivity contribution is 5.91. The summed E-state index contributed by atoms with van der Waals surface area (Å²) in [5.41, 5.74) is 3.48. The van der Waals surface area contributed by atoms with Crippen molar-refractivity contribution in [3.8, 4) is 11.5 Å². The summed E-state index contributed by atoms with van der Waals surface area (Å²) in [5, 5.41) is 3.29. The van der Waals surface area contributed by atoms with Gasteiger partial charge < -0.3 is 19.7 Å². The van der Waals surface area contributed by atoms with Gasteiger partial charge in [-0.05, 0) is 76.0 Å². The Balaban J connectivity index is 1.50. The molecule has 0 radical (unpaired) electrons. The minimum Gasteiger partial charge on any atom is -0.493 e. The van der Waals surface area contributed by atoms with E-state index in [0.717, 1.165) is 49.4 Å². The molecule has 1 aliphatic carbocycles. The highest BCUT2D eigenvalue weighted by atomic mass is 16.5. The first-order valence-electron chi connectivity index (χ1n) is 11.4. The Morgan fingerprint density at radius 3 is 2.50 bits per heavy atom. The van der Waals surface area contributed by atoms with Crippen LogP contribution >= 0.6 is 0 Å². The van der Waals surface area contributed by atoms with E-state index in [1.54, 1.807) is 19.1 Å². The first-order chi connectivity index (χ1) is 15.4. The number of urea groups is 1. The summed E-state index contributed by atoms with van der Waals surface area (Å²) in [4.78, 5) is 17.1. The molecule has 0 unspecified atom stereocenters. The zero-order valence-electron chi connectivity index (χ0n) is 19.9. The van der Waals surface area contributed by atoms with Crippen LogP contribution in [-0.4, -0.2) is 57.9 Å². The van der Waals surface area contributed by atoms with Crippen molar-refractivity contribution in [1.29, 1.82) is 0 Å². The molecule has 1 heterocycles. The third-order valence-corrected chi connectivity index (χ3v) is 7.54. The monoisotopic (exact) mass is 437 g/mol. The van der Waals surface area contributed by atoms with Gasteiger partial charge >= 0.3 is 6.03 Å². The van der Waals surface area contributed by atoms with Gasteiger partial charge in [0.1, 0.15) is 0 Å². The topological polar surface area (TPSA) is 54.0 Å². The summed E-state index contributed by atoms with van der Waals surface area (Å²) in [6.07, 6.45) is 4.06. The molecule has 1 aliphatic heterocycles. The van der Waals surface area contributed by atoms with Crippen molar-refractivity contribution < 1.29 is 14.3 Å². The number of anilines is 1. The van der Waals surface area contributed by atoms with Crippen LogP contribution in [0.5, 0.6) is 11.5 Å². The van der Waals surface area contributed by atoms with Crippen LogP contribution in [0.4, 0.5) is 10.5 Å². The molecule has 0 bridgehead atoms. The second-order valence-electron chi connectivity index (χ2n) is 9.29. The average Bonchev–Trinajstić information content (AvgIpc) is 3.15. The molecule has 6 nitrogen and oxygen atoms in total. The molecule has 2 aromatic carbocycles. The molecule has 32 heavy (non-hydrogen) atoms. The molecule has 0 spiro atoms. The number of fused-ring (bicyclic) bond motifs is 1. The molecule has 1 N–H and O–H groups in total. The van der Waals surface area contributed by atoms with Crippen molar-refractivity contribution >= 4 is 11.7 Å². The number of nitrogens with zero attached hydrogens (tertiary/aromatic N) is 2. The fraction of sp³-hybridized carbons (Fsp3) is 0.500. The Hall–Kier alpha value is -2.73. The Bertz CT molecular complexity index is 961. The first kappa shape index (κ1) is 22.5. The molecule has 2 aliphatic rings. The van der Waals surface area contributed by atoms with Gasteiger partial charge in [-0.25, -0.2) is 4.79 Å². The Labute approximate surface area is 191 Å². The highest BCUT2D eigenvalue weighted by Crippen LogP contribution is 2.49. The van der Waals surface area contributed by atoms with Crippen LogP contribution in [0.25, 0.3) is 0 Å². The lowest BCUT2D eigenvalue weighted by Crippen LogP contribution is -2.53. The molecule has 6 heteroatoms. The SMILES string of the molecule is COc1ccc([C@@]23CC[C@@H](NC(=O)N(C)c4ccc(C)cc4)C[C@@H]2N(C)CC3)cc1OC. The zero-order chi connectivity index (χ0) is 22.9. The van der Waals surface area contributed by atoms with E-state index >= 15 is 0 Å². The minimum atomic E-state index is -0.0434. The predicted molar refractivity (Wildman–Crippen MR) is 128 cm³/mol. The number of aryl methyl sites for hydroxylation is 1. The molecular weight excluding hydrogens is 402 g/mol. The molecule has 2 fully saturated rings. The van der Waals surface area contributed by atoms with Crippen LogP contribution in [0.1, 0.15) is 36.8 Å². The van der Waals surface area contributed by atoms with Gasteiger partial charge in [0, 0.05) is 30.2 Å². The number of benzene rings is 2. The number of rotatable bonds is 5. The summed E-state index contributed by atoms with van der Waals surface area (Å²) in [6.45, 7) is 3.11. The minimum absolute atomic E-state index is 0.0434. The Morgan fingerprint density at radius 2 is 1.81 bits per heavy atom. The summed E-state index contributed by atoms with van der Waals surface area (Å²) in [6, 6.07) is 14.9. The quantitative estimate of drug-likeness (QED) is 0.756. The van der Waals surface area contributed by atoms with Crippen LogP contribution in [0.2, 0.25) is 0 Å². The third-order valence-electron chi connectivity index (χ3n) is 7.54. The van der Waals surface area contributed by atoms with E-state index in [1.165, 1.54) is 11.1 Å². The van der Waals surface area contributed by atoms with Gasteiger partial charge in [-0.2, -0.15) is 0 Å². The smallest absolute Gasteiger partial charge is 0.321 e. The van der Waals surface area contributed by atoms with Crippen molar-refractivity contribution in [1.82, 2.24) is 10.2 Å². The first-order valence-corrected chi connectivity index (χ1v) is 11.4. The van der Waals surface area contributed by atoms with Gasteiger partial charge in [-0.1, -0.05) is 23.8 Å². The largest absolute Gasteiger partial charge is 0.493 e. The summed E-state index contributed by atoms with van der Waals surface area (Å²) >= 11 is 0. The van der Waals surface area contributed by atoms with Crippen LogP contribution in [0.3, 0.4) is 0 Å². The van der Waals surface area contributed by atoms with Gasteiger partial charge in [0.15, 0.2) is 11.5 Å². The number of hydrogen-bond donors (Lipinski definition) is 1. The maximum Gasteiger partial charge on any atom is 0.321 e. The van der Waals surface area contributed by atoms with Crippen molar-refractivity contribution in [2.45, 2.75) is 50.1 Å². The molecule has 172 valence electrons. The lowest BCUT2D eigenvalue weighted by Gasteiger charge is -2.45. The normalized spacial score (nSPS) is 25.2. The van der Waals surface area contributed by atoms with Crippen LogP contribution in [0, 0.1) is 6.92 Å². The number of carbonyl (C=O) groups excluding carboxylic acids is 1. The number of likely N-dealkylation sites (N-methyl/N-ethyl adjacent to an activating group) is 1. The van der Waals surface area contributed by atoms with E-state index in [4.69, 9.17) is 9.47 Å². The van der Waals surface area contributed by atoms with E-state index in [0.29, 0.717) is 6.04 Å². The third kappa shape index (κ3) is 4.04. The fourth-order valence-electron chi connectivity index (χ4n) is 5.55. The summed E-state index contributed by atoms with van der Waals surface area (Å²) in [7, 11) is 7.40. The number of amides is 2. The number of methoxy groups -OCH3 is 2. The molecule has 0 aromatic heterocycles. The number of carbonyl (C=O) groups is 1. The number of hydrogen-bond acceptors (Lipinski definition) is 4. The van der Waals surface area contributed by atoms with E-state index in [9.17, 15) is 4.79 Å². The van der Waals surface area contributed by atoms with Crippen molar-refractivity contribution in [2.75, 3.05) is 39.8 Å². The van der Waals surface area contributed by atoms with Crippen molar-refractivity contribution in [2.24, 2.45) is 0 Å². The number of ether oxygens (including phenoxy) is 2. The molecule has 1 saturated heterocycles. The molecule has 1 saturated carbocycles. The molecule has 2 amide bonds. The van der Waals surface area contributed by atoms with Gasteiger partial charge in [0.25, 0.3) is 0 Å². The van der Waals surface area contributed by atoms with Crippen molar-refractivity contribution in [3.63, 3.8) is 0 Å². The van der Waals surface area contributed by atoms with E-state index in [2.05, 4.69) is 36.3 Å². The van der Waals surface area contributed by atoms with Gasteiger partial charge in [0.05, 0.1) is 14.2 Å². The Morgan fingerprint density at radius 1 is 1.09 bits per heavy atom. The second kappa shape index (κ2) is 9.02. The number of nitrogens with one attached hydrogen (secondary N) is 1. The van der Waals surface area contributed by atoms with Crippen molar-refractivity contribution in [3.05, 3.63) is 53.6 Å². The van der Waals surface area contributed by atoms with Gasteiger partial charge in [0.2, 0.25) is 0 Å². The van der Waals surface area contributed by atoms with Gasteiger partial charge in [-0.15, -0.1) is 0 Å². The summed E-state index contributed by atoms with van der Waals surface area (Å²) in [5.74, 6) is 1.54. The predicted octanol–water partition coefficient (Wildman–Crippen LogP) is 4.35. The summed E-state index contributed by atoms with van der Waals surface area (Å²) < 4.78 is 11.0. The highest BCUT2D eigenvalue weighted by Gasteiger charge is 2.50. The number of likely N-dealkylation sites (tertiary alicyclic amines) is 1. The van der Waals surface area contributed by atoms with Crippen LogP contribution < -0.4 is 19.7 Å². The standard InChI is InChI=1S/C26H35N3O3/c1-18-6-9-21(10-7-18)29(3)25(30)27-20-12-13-26(14-15-28(2)24(26)17-20)19-8-11-22(31-4)23(16-19)32-5/h6-11,16,20,24H,12-15,17H2,1-5H3,(H,27,30)/t20-,24+,26+/m1/s1. The van der Waals surface area contributed by atoms with E-state index in [1.807, 2.05) is 37.4 Å². The average molecular weight is 438 g/mol. The lowest BCUT2D eigenvalue weighted by atomic mass is 9.65. The second-order valence-corrected chi connectivity index (χ2v) is 9.29. The molecule has 2 aromatic rings. The fourth-order valence-corrected chi connectivity index (χ4v) is 5.55. The van der Waals surface area contributed by atoms with Crippen LogP contribution in [0.15, 0.2) is 42.5 Å². The molecule has 3 atom stereocenters. The van der Waals surface area contributed by atoms with Crippen LogP contribution in [-0.2, 0) is 5.41 Å². The van der Waals surface area contributed by atoms with Gasteiger partial charge in [-0.3, -0.25) is 4.90 Å². The zero-order valence-corrected chi connectivity index (χ0v) is 19.9. The van der Waals surface area contributed by atoms with E-state index < -0.39 is 0 Å². The lowest BCUT2D eigenvalue weighted by molar-refractivity contribution is 0.155. The van der Waals surface area contributed by atoms with E-state index in [-0.39, 0.29) is 17.5 Å². The Kier molecular flexibility index (Phi) is 6.33. The maximum atomic E-state index is 12.9.